The lowest BCUT2D eigenvalue weighted by molar-refractivity contribution is -0.329. The minimum atomic E-state index is -1.09. The van der Waals surface area contributed by atoms with Gasteiger partial charge >= 0.3 is 18.2 Å². The van der Waals surface area contributed by atoms with Crippen LogP contribution in [0.2, 0.25) is 0 Å². The van der Waals surface area contributed by atoms with Crippen LogP contribution in [0, 0.1) is 5.92 Å². The van der Waals surface area contributed by atoms with Crippen LogP contribution in [0.25, 0.3) is 10.8 Å². The average Bonchev–Trinajstić information content (AvgIpc) is 3.21. The van der Waals surface area contributed by atoms with Gasteiger partial charge in [0.05, 0.1) is 18.8 Å². The molecule has 3 aliphatic rings. The maximum Gasteiger partial charge on any atom is 0.407 e. The van der Waals surface area contributed by atoms with E-state index in [0.29, 0.717) is 57.5 Å². The van der Waals surface area contributed by atoms with Crippen LogP contribution in [-0.4, -0.2) is 74.0 Å². The van der Waals surface area contributed by atoms with Crippen LogP contribution >= 0.6 is 0 Å². The minimum absolute atomic E-state index is 0.0686. The second-order valence-corrected chi connectivity index (χ2v) is 15.3. The Morgan fingerprint density at radius 1 is 0.821 bits per heavy atom. The number of rotatable bonds is 15. The molecule has 0 aromatic heterocycles. The fraction of sp³-hybridized carbons (Fsp3) is 0.545. The predicted octanol–water partition coefficient (Wildman–Crippen LogP) is 7.26. The van der Waals surface area contributed by atoms with Gasteiger partial charge in [0.2, 0.25) is 5.91 Å². The van der Waals surface area contributed by atoms with E-state index >= 15 is 0 Å². The Hall–Kier alpha value is -4.68. The highest BCUT2D eigenvalue weighted by atomic mass is 16.7. The van der Waals surface area contributed by atoms with E-state index in [1.54, 1.807) is 6.92 Å². The highest BCUT2D eigenvalue weighted by molar-refractivity contribution is 5.86. The number of amides is 3. The van der Waals surface area contributed by atoms with Crippen LogP contribution < -0.4 is 16.0 Å². The summed E-state index contributed by atoms with van der Waals surface area (Å²) in [6.07, 6.45) is 6.75. The van der Waals surface area contributed by atoms with E-state index in [1.165, 1.54) is 19.3 Å². The fourth-order valence-corrected chi connectivity index (χ4v) is 8.26. The second-order valence-electron chi connectivity index (χ2n) is 15.3. The molecule has 3 fully saturated rings. The van der Waals surface area contributed by atoms with Crippen LogP contribution in [0.15, 0.2) is 72.8 Å². The molecule has 2 saturated heterocycles. The number of ether oxygens (including phenoxy) is 5. The SMILES string of the molecule is CCOC(=O)[C@H](Cc1ccccc1)NC(=O)CCC1CC(OC(=O)NCc2cccc3ccccc23)CC2(CCCC(COC(=O)NCC3CCCCC3)O2)O1. The first-order valence-corrected chi connectivity index (χ1v) is 20.4. The number of nitrogens with one attached hydrogen (secondary N) is 3. The molecule has 12 nitrogen and oxygen atoms in total. The van der Waals surface area contributed by atoms with E-state index < -0.39 is 48.3 Å². The molecule has 2 heterocycles. The zero-order chi connectivity index (χ0) is 39.2. The Balaban J connectivity index is 1.08. The summed E-state index contributed by atoms with van der Waals surface area (Å²) in [5.41, 5.74) is 1.87. The van der Waals surface area contributed by atoms with E-state index in [9.17, 15) is 19.2 Å². The Morgan fingerprint density at radius 2 is 1.59 bits per heavy atom. The van der Waals surface area contributed by atoms with Crippen molar-refractivity contribution in [3.63, 3.8) is 0 Å². The molecule has 302 valence electrons. The molecule has 3 aromatic carbocycles. The maximum atomic E-state index is 13.3. The van der Waals surface area contributed by atoms with Crippen molar-refractivity contribution in [2.45, 2.75) is 127 Å². The zero-order valence-electron chi connectivity index (χ0n) is 32.5. The molecule has 1 aliphatic carbocycles. The zero-order valence-corrected chi connectivity index (χ0v) is 32.5. The van der Waals surface area contributed by atoms with Crippen molar-refractivity contribution in [3.8, 4) is 0 Å². The quantitative estimate of drug-likeness (QED) is 0.107. The van der Waals surface area contributed by atoms with E-state index in [0.717, 1.165) is 41.2 Å². The first-order chi connectivity index (χ1) is 27.3. The normalized spacial score (nSPS) is 23.1. The molecule has 6 rings (SSSR count). The number of hydrogen-bond donors (Lipinski definition) is 3. The van der Waals surface area contributed by atoms with Gasteiger partial charge in [-0.2, -0.15) is 0 Å². The number of alkyl carbamates (subject to hydrolysis) is 2. The number of carbonyl (C=O) groups is 4. The standard InChI is InChI=1S/C44H57N3O9/c1-2-52-41(49)39(25-31-13-5-3-6-14-31)47-40(48)23-22-35-26-37(54-43(51)46-29-34-19-11-18-33-17-9-10-21-38(33)34)27-44(55-35)24-12-20-36(56-44)30-53-42(50)45-28-32-15-7-4-8-16-32/h3,5-6,9-11,13-14,17-19,21,32,35-37,39H,2,4,7-8,12,15-16,20,22-30H2,1H3,(H,45,50)(H,46,51)(H,47,48)/t35?,36?,37?,39-,44?/m0/s1. The summed E-state index contributed by atoms with van der Waals surface area (Å²) < 4.78 is 30.1. The van der Waals surface area contributed by atoms with E-state index in [4.69, 9.17) is 23.7 Å². The third-order valence-electron chi connectivity index (χ3n) is 11.0. The van der Waals surface area contributed by atoms with Gasteiger partial charge in [0.25, 0.3) is 0 Å². The van der Waals surface area contributed by atoms with Crippen molar-refractivity contribution < 1.29 is 42.9 Å². The summed E-state index contributed by atoms with van der Waals surface area (Å²) in [4.78, 5) is 52.0. The molecule has 2 aliphatic heterocycles. The molecular formula is C44H57N3O9. The third kappa shape index (κ3) is 12.2. The van der Waals surface area contributed by atoms with Gasteiger partial charge in [-0.1, -0.05) is 92.1 Å². The van der Waals surface area contributed by atoms with Crippen molar-refractivity contribution >= 4 is 34.8 Å². The molecule has 1 saturated carbocycles. The number of benzene rings is 3. The molecule has 5 atom stereocenters. The van der Waals surface area contributed by atoms with Crippen molar-refractivity contribution in [1.29, 1.82) is 0 Å². The molecule has 0 bridgehead atoms. The first-order valence-electron chi connectivity index (χ1n) is 20.4. The summed E-state index contributed by atoms with van der Waals surface area (Å²) in [5, 5.41) is 10.8. The van der Waals surface area contributed by atoms with E-state index in [1.807, 2.05) is 72.8 Å². The molecular weight excluding hydrogens is 714 g/mol. The van der Waals surface area contributed by atoms with Crippen molar-refractivity contribution in [1.82, 2.24) is 16.0 Å². The first kappa shape index (κ1) is 41.0. The molecule has 4 unspecified atom stereocenters. The second kappa shape index (κ2) is 20.5. The molecule has 12 heteroatoms. The lowest BCUT2D eigenvalue weighted by Gasteiger charge is -2.47. The summed E-state index contributed by atoms with van der Waals surface area (Å²) in [5.74, 6) is -1.41. The molecule has 3 amide bonds. The summed E-state index contributed by atoms with van der Waals surface area (Å²) in [6, 6.07) is 22.6. The van der Waals surface area contributed by atoms with Gasteiger partial charge in [-0.15, -0.1) is 0 Å². The smallest absolute Gasteiger partial charge is 0.407 e. The van der Waals surface area contributed by atoms with Gasteiger partial charge in [0.1, 0.15) is 18.8 Å². The molecule has 3 N–H and O–H groups in total. The molecule has 56 heavy (non-hydrogen) atoms. The van der Waals surface area contributed by atoms with Crippen molar-refractivity contribution in [2.24, 2.45) is 5.92 Å². The highest BCUT2D eigenvalue weighted by Crippen LogP contribution is 2.41. The Morgan fingerprint density at radius 3 is 2.41 bits per heavy atom. The van der Waals surface area contributed by atoms with Gasteiger partial charge in [0, 0.05) is 45.2 Å². The summed E-state index contributed by atoms with van der Waals surface area (Å²) in [7, 11) is 0. The highest BCUT2D eigenvalue weighted by Gasteiger charge is 2.47. The monoisotopic (exact) mass is 771 g/mol. The van der Waals surface area contributed by atoms with Gasteiger partial charge in [0.15, 0.2) is 5.79 Å². The largest absolute Gasteiger partial charge is 0.464 e. The van der Waals surface area contributed by atoms with E-state index in [-0.39, 0.29) is 25.5 Å². The Bertz CT molecular complexity index is 1740. The van der Waals surface area contributed by atoms with Gasteiger partial charge in [-0.05, 0) is 66.8 Å². The predicted molar refractivity (Wildman–Crippen MR) is 210 cm³/mol. The van der Waals surface area contributed by atoms with Crippen LogP contribution in [0.5, 0.6) is 0 Å². The van der Waals surface area contributed by atoms with E-state index in [2.05, 4.69) is 16.0 Å². The van der Waals surface area contributed by atoms with Crippen molar-refractivity contribution in [2.75, 3.05) is 19.8 Å². The topological polar surface area (TPSA) is 151 Å². The van der Waals surface area contributed by atoms with Gasteiger partial charge < -0.3 is 39.6 Å². The maximum absolute atomic E-state index is 13.3. The van der Waals surface area contributed by atoms with Gasteiger partial charge in [-0.3, -0.25) is 4.79 Å². The number of hydrogen-bond acceptors (Lipinski definition) is 9. The van der Waals surface area contributed by atoms with Crippen LogP contribution in [0.1, 0.15) is 95.1 Å². The Labute approximate surface area is 329 Å². The molecule has 1 spiro atoms. The molecule has 0 radical (unpaired) electrons. The summed E-state index contributed by atoms with van der Waals surface area (Å²) in [6.45, 7) is 2.91. The fourth-order valence-electron chi connectivity index (χ4n) is 8.26. The van der Waals surface area contributed by atoms with Gasteiger partial charge in [-0.25, -0.2) is 14.4 Å². The summed E-state index contributed by atoms with van der Waals surface area (Å²) >= 11 is 0. The number of esters is 1. The Kier molecular flexibility index (Phi) is 15.0. The number of fused-ring (bicyclic) bond motifs is 1. The number of carbonyl (C=O) groups excluding carboxylic acids is 4. The third-order valence-corrected chi connectivity index (χ3v) is 11.0. The minimum Gasteiger partial charge on any atom is -0.464 e. The van der Waals surface area contributed by atoms with Crippen LogP contribution in [-0.2, 0) is 46.2 Å². The molecule has 3 aromatic rings. The lowest BCUT2D eigenvalue weighted by atomic mass is 9.89. The van der Waals surface area contributed by atoms with Crippen molar-refractivity contribution in [3.05, 3.63) is 83.9 Å². The lowest BCUT2D eigenvalue weighted by Crippen LogP contribution is -2.54. The van der Waals surface area contributed by atoms with Crippen LogP contribution in [0.4, 0.5) is 9.59 Å². The van der Waals surface area contributed by atoms with Crippen LogP contribution in [0.3, 0.4) is 0 Å². The average molecular weight is 772 g/mol.